The highest BCUT2D eigenvalue weighted by molar-refractivity contribution is 5.18. The van der Waals surface area contributed by atoms with Gasteiger partial charge in [0.25, 0.3) is 0 Å². The molecule has 1 aliphatic rings. The molecule has 13 heavy (non-hydrogen) atoms. The third kappa shape index (κ3) is 1.29. The zero-order valence-electron chi connectivity index (χ0n) is 8.72. The molecule has 1 saturated heterocycles. The van der Waals surface area contributed by atoms with E-state index in [0.717, 1.165) is 13.1 Å². The van der Waals surface area contributed by atoms with Gasteiger partial charge in [-0.15, -0.1) is 0 Å². The first-order chi connectivity index (χ1) is 6.13. The molecule has 0 bridgehead atoms. The molecular weight excluding hydrogens is 160 g/mol. The van der Waals surface area contributed by atoms with Crippen LogP contribution in [0.5, 0.6) is 0 Å². The zero-order chi connectivity index (χ0) is 9.47. The summed E-state index contributed by atoms with van der Waals surface area (Å²) in [6.45, 7) is 8.97. The Hall–Kier alpha value is -0.760. The molecule has 2 heterocycles. The van der Waals surface area contributed by atoms with Crippen LogP contribution in [0.3, 0.4) is 0 Å². The average Bonchev–Trinajstić information content (AvgIpc) is 2.60. The molecule has 0 saturated carbocycles. The second kappa shape index (κ2) is 2.88. The first-order valence-corrected chi connectivity index (χ1v) is 5.00. The molecule has 2 nitrogen and oxygen atoms in total. The lowest BCUT2D eigenvalue weighted by atomic mass is 10.0. The van der Waals surface area contributed by atoms with E-state index < -0.39 is 0 Å². The fraction of sp³-hybridized carbons (Fsp3) is 0.636. The van der Waals surface area contributed by atoms with E-state index in [0.29, 0.717) is 5.54 Å². The lowest BCUT2D eigenvalue weighted by Gasteiger charge is -2.29. The summed E-state index contributed by atoms with van der Waals surface area (Å²) < 4.78 is 2.47. The molecule has 1 aromatic rings. The van der Waals surface area contributed by atoms with Crippen LogP contribution in [0.1, 0.15) is 24.7 Å². The topological polar surface area (TPSA) is 17.0 Å². The van der Waals surface area contributed by atoms with Crippen LogP contribution in [0.4, 0.5) is 0 Å². The van der Waals surface area contributed by atoms with Crippen molar-refractivity contribution in [2.45, 2.75) is 32.7 Å². The fourth-order valence-electron chi connectivity index (χ4n) is 2.51. The summed E-state index contributed by atoms with van der Waals surface area (Å²) >= 11 is 0. The van der Waals surface area contributed by atoms with E-state index in [2.05, 4.69) is 42.8 Å². The molecule has 0 spiro atoms. The van der Waals surface area contributed by atoms with Gasteiger partial charge in [0.2, 0.25) is 0 Å². The highest BCUT2D eigenvalue weighted by Crippen LogP contribution is 2.27. The molecule has 1 unspecified atom stereocenters. The third-order valence-corrected chi connectivity index (χ3v) is 3.16. The molecule has 1 fully saturated rings. The second-order valence-electron chi connectivity index (χ2n) is 4.38. The van der Waals surface area contributed by atoms with Crippen molar-refractivity contribution in [2.75, 3.05) is 13.1 Å². The summed E-state index contributed by atoms with van der Waals surface area (Å²) in [6.07, 6.45) is 1.24. The predicted octanol–water partition coefficient (Wildman–Crippen LogP) is 1.81. The predicted molar refractivity (Wildman–Crippen MR) is 55.0 cm³/mol. The number of hydrogen-bond acceptors (Lipinski definition) is 1. The lowest BCUT2D eigenvalue weighted by molar-refractivity contribution is 0.343. The number of nitrogens with one attached hydrogen (secondary N) is 1. The van der Waals surface area contributed by atoms with Gasteiger partial charge in [-0.3, -0.25) is 0 Å². The first kappa shape index (κ1) is 8.82. The van der Waals surface area contributed by atoms with Crippen LogP contribution in [0.2, 0.25) is 0 Å². The van der Waals surface area contributed by atoms with Crippen molar-refractivity contribution in [1.29, 1.82) is 0 Å². The van der Waals surface area contributed by atoms with Gasteiger partial charge >= 0.3 is 0 Å². The van der Waals surface area contributed by atoms with Crippen LogP contribution >= 0.6 is 0 Å². The van der Waals surface area contributed by atoms with Crippen molar-refractivity contribution in [3.63, 3.8) is 0 Å². The Bertz CT molecular complexity index is 286. The van der Waals surface area contributed by atoms with Gasteiger partial charge in [-0.05, 0) is 45.9 Å². The smallest absolute Gasteiger partial charge is 0.0552 e. The van der Waals surface area contributed by atoms with Gasteiger partial charge in [-0.2, -0.15) is 0 Å². The molecule has 0 amide bonds. The highest BCUT2D eigenvalue weighted by atomic mass is 15.1. The summed E-state index contributed by atoms with van der Waals surface area (Å²) in [5.41, 5.74) is 3.06. The Morgan fingerprint density at radius 2 is 1.92 bits per heavy atom. The monoisotopic (exact) mass is 178 g/mol. The summed E-state index contributed by atoms with van der Waals surface area (Å²) in [6, 6.07) is 4.41. The van der Waals surface area contributed by atoms with Gasteiger partial charge < -0.3 is 9.88 Å². The molecule has 72 valence electrons. The van der Waals surface area contributed by atoms with Crippen molar-refractivity contribution < 1.29 is 0 Å². The molecule has 0 aromatic carbocycles. The minimum atomic E-state index is 0.303. The summed E-state index contributed by atoms with van der Waals surface area (Å²) in [5.74, 6) is 0. The van der Waals surface area contributed by atoms with Crippen molar-refractivity contribution in [2.24, 2.45) is 0 Å². The maximum absolute atomic E-state index is 3.43. The van der Waals surface area contributed by atoms with Gasteiger partial charge in [0.1, 0.15) is 0 Å². The first-order valence-electron chi connectivity index (χ1n) is 5.00. The van der Waals surface area contributed by atoms with Gasteiger partial charge in [-0.25, -0.2) is 0 Å². The maximum atomic E-state index is 3.43. The number of nitrogens with zero attached hydrogens (tertiary/aromatic N) is 1. The van der Waals surface area contributed by atoms with E-state index in [1.165, 1.54) is 17.8 Å². The summed E-state index contributed by atoms with van der Waals surface area (Å²) in [4.78, 5) is 0. The standard InChI is InChI=1S/C11H18N2/c1-9-4-5-10(2)13(9)11(3)6-7-12-8-11/h4-5,12H,6-8H2,1-3H3. The molecule has 1 aliphatic heterocycles. The van der Waals surface area contributed by atoms with Gasteiger partial charge in [0, 0.05) is 17.9 Å². The Morgan fingerprint density at radius 3 is 2.38 bits per heavy atom. The Balaban J connectivity index is 2.43. The van der Waals surface area contributed by atoms with E-state index in [-0.39, 0.29) is 0 Å². The molecule has 1 atom stereocenters. The van der Waals surface area contributed by atoms with Gasteiger partial charge in [0.05, 0.1) is 5.54 Å². The van der Waals surface area contributed by atoms with Crippen LogP contribution in [0, 0.1) is 13.8 Å². The fourth-order valence-corrected chi connectivity index (χ4v) is 2.51. The van der Waals surface area contributed by atoms with E-state index in [4.69, 9.17) is 0 Å². The Morgan fingerprint density at radius 1 is 1.31 bits per heavy atom. The Kier molecular flexibility index (Phi) is 1.95. The van der Waals surface area contributed by atoms with Crippen LogP contribution in [0.25, 0.3) is 0 Å². The van der Waals surface area contributed by atoms with Crippen molar-refractivity contribution >= 4 is 0 Å². The van der Waals surface area contributed by atoms with Crippen molar-refractivity contribution in [3.8, 4) is 0 Å². The summed E-state index contributed by atoms with van der Waals surface area (Å²) in [7, 11) is 0. The molecule has 0 radical (unpaired) electrons. The van der Waals surface area contributed by atoms with E-state index in [9.17, 15) is 0 Å². The number of aryl methyl sites for hydroxylation is 2. The SMILES string of the molecule is Cc1ccc(C)n1C1(C)CCNC1. The van der Waals surface area contributed by atoms with Crippen LogP contribution in [-0.2, 0) is 5.54 Å². The van der Waals surface area contributed by atoms with Crippen molar-refractivity contribution in [3.05, 3.63) is 23.5 Å². The van der Waals surface area contributed by atoms with E-state index >= 15 is 0 Å². The Labute approximate surface area is 79.9 Å². The van der Waals surface area contributed by atoms with Crippen LogP contribution < -0.4 is 5.32 Å². The van der Waals surface area contributed by atoms with Crippen LogP contribution in [-0.4, -0.2) is 17.7 Å². The lowest BCUT2D eigenvalue weighted by Crippen LogP contribution is -2.33. The van der Waals surface area contributed by atoms with Gasteiger partial charge in [-0.1, -0.05) is 0 Å². The number of aromatic nitrogens is 1. The highest BCUT2D eigenvalue weighted by Gasteiger charge is 2.31. The average molecular weight is 178 g/mol. The largest absolute Gasteiger partial charge is 0.342 e. The minimum Gasteiger partial charge on any atom is -0.342 e. The molecule has 1 N–H and O–H groups in total. The molecule has 2 heteroatoms. The molecule has 1 aromatic heterocycles. The van der Waals surface area contributed by atoms with Crippen LogP contribution in [0.15, 0.2) is 12.1 Å². The van der Waals surface area contributed by atoms with Gasteiger partial charge in [0.15, 0.2) is 0 Å². The number of hydrogen-bond donors (Lipinski definition) is 1. The molecule has 0 aliphatic carbocycles. The minimum absolute atomic E-state index is 0.303. The third-order valence-electron chi connectivity index (χ3n) is 3.16. The zero-order valence-corrected chi connectivity index (χ0v) is 8.72. The molecular formula is C11H18N2. The second-order valence-corrected chi connectivity index (χ2v) is 4.38. The van der Waals surface area contributed by atoms with Crippen molar-refractivity contribution in [1.82, 2.24) is 9.88 Å². The summed E-state index contributed by atoms with van der Waals surface area (Å²) in [5, 5.41) is 3.43. The van der Waals surface area contributed by atoms with E-state index in [1.807, 2.05) is 0 Å². The normalized spacial score (nSPS) is 28.2. The quantitative estimate of drug-likeness (QED) is 0.694. The molecule has 2 rings (SSSR count). The van der Waals surface area contributed by atoms with E-state index in [1.54, 1.807) is 0 Å². The maximum Gasteiger partial charge on any atom is 0.0552 e. The number of rotatable bonds is 1.